The van der Waals surface area contributed by atoms with Gasteiger partial charge in [-0.15, -0.1) is 5.10 Å². The number of methoxy groups -OCH3 is 1. The molecule has 0 bridgehead atoms. The maximum Gasteiger partial charge on any atom is 0.122 e. The normalized spacial score (nSPS) is 11.0. The first-order valence-electron chi connectivity index (χ1n) is 7.55. The lowest BCUT2D eigenvalue weighted by atomic mass is 9.98. The summed E-state index contributed by atoms with van der Waals surface area (Å²) >= 11 is 0. The van der Waals surface area contributed by atoms with Crippen molar-refractivity contribution in [3.8, 4) is 22.7 Å². The zero-order valence-electron chi connectivity index (χ0n) is 13.5. The van der Waals surface area contributed by atoms with Crippen LogP contribution in [0.2, 0.25) is 0 Å². The maximum absolute atomic E-state index is 5.72. The molecule has 1 heterocycles. The van der Waals surface area contributed by atoms with Crippen LogP contribution in [0.4, 0.5) is 5.69 Å². The van der Waals surface area contributed by atoms with Gasteiger partial charge in [0, 0.05) is 11.3 Å². The van der Waals surface area contributed by atoms with Crippen LogP contribution < -0.4 is 10.5 Å². The molecule has 0 radical (unpaired) electrons. The second-order valence-corrected chi connectivity index (χ2v) is 5.75. The van der Waals surface area contributed by atoms with Crippen LogP contribution in [0.3, 0.4) is 0 Å². The van der Waals surface area contributed by atoms with E-state index in [0.717, 1.165) is 33.9 Å². The molecule has 1 aromatic heterocycles. The van der Waals surface area contributed by atoms with E-state index in [1.807, 2.05) is 42.6 Å². The molecular formula is C18H20N4O. The summed E-state index contributed by atoms with van der Waals surface area (Å²) in [6.07, 6.45) is 1.91. The van der Waals surface area contributed by atoms with E-state index in [0.29, 0.717) is 5.92 Å². The lowest BCUT2D eigenvalue weighted by Crippen LogP contribution is -1.95. The molecule has 0 aliphatic heterocycles. The molecule has 0 saturated heterocycles. The molecular weight excluding hydrogens is 288 g/mol. The Bertz CT molecular complexity index is 806. The number of aromatic nitrogens is 3. The first-order chi connectivity index (χ1) is 11.1. The number of hydrogen-bond donors (Lipinski definition) is 1. The van der Waals surface area contributed by atoms with E-state index in [4.69, 9.17) is 10.5 Å². The summed E-state index contributed by atoms with van der Waals surface area (Å²) in [5.74, 6) is 1.27. The third-order valence-corrected chi connectivity index (χ3v) is 3.80. The second-order valence-electron chi connectivity index (χ2n) is 5.75. The zero-order valence-corrected chi connectivity index (χ0v) is 13.5. The van der Waals surface area contributed by atoms with Gasteiger partial charge >= 0.3 is 0 Å². The molecule has 0 amide bonds. The number of nitrogens with two attached hydrogens (primary N) is 1. The summed E-state index contributed by atoms with van der Waals surface area (Å²) in [7, 11) is 1.69. The quantitative estimate of drug-likeness (QED) is 0.747. The van der Waals surface area contributed by atoms with Crippen molar-refractivity contribution in [1.29, 1.82) is 0 Å². The summed E-state index contributed by atoms with van der Waals surface area (Å²) in [6, 6.07) is 13.6. The first-order valence-corrected chi connectivity index (χ1v) is 7.55. The molecule has 23 heavy (non-hydrogen) atoms. The Hall–Kier alpha value is -2.82. The fourth-order valence-electron chi connectivity index (χ4n) is 2.49. The topological polar surface area (TPSA) is 66.0 Å². The molecule has 0 aliphatic rings. The number of benzene rings is 2. The van der Waals surface area contributed by atoms with Crippen LogP contribution in [0.15, 0.2) is 48.7 Å². The van der Waals surface area contributed by atoms with Crippen molar-refractivity contribution in [2.45, 2.75) is 19.8 Å². The predicted molar refractivity (Wildman–Crippen MR) is 91.8 cm³/mol. The molecule has 5 nitrogen and oxygen atoms in total. The van der Waals surface area contributed by atoms with Crippen molar-refractivity contribution in [3.05, 3.63) is 54.2 Å². The van der Waals surface area contributed by atoms with Gasteiger partial charge in [0.15, 0.2) is 0 Å². The molecule has 0 aliphatic carbocycles. The van der Waals surface area contributed by atoms with E-state index in [9.17, 15) is 0 Å². The van der Waals surface area contributed by atoms with Crippen LogP contribution in [0.25, 0.3) is 16.9 Å². The van der Waals surface area contributed by atoms with Gasteiger partial charge in [0.25, 0.3) is 0 Å². The first kappa shape index (κ1) is 15.1. The van der Waals surface area contributed by atoms with Crippen LogP contribution in [0.5, 0.6) is 5.75 Å². The highest BCUT2D eigenvalue weighted by Crippen LogP contribution is 2.30. The van der Waals surface area contributed by atoms with Gasteiger partial charge in [0.2, 0.25) is 0 Å². The van der Waals surface area contributed by atoms with Crippen molar-refractivity contribution < 1.29 is 4.74 Å². The molecule has 0 spiro atoms. The lowest BCUT2D eigenvalue weighted by molar-refractivity contribution is 0.407. The number of rotatable bonds is 4. The monoisotopic (exact) mass is 308 g/mol. The number of nitrogens with zero attached hydrogens (tertiary/aromatic N) is 3. The van der Waals surface area contributed by atoms with Gasteiger partial charge in [-0.2, -0.15) is 0 Å². The molecule has 2 N–H and O–H groups in total. The highest BCUT2D eigenvalue weighted by Gasteiger charge is 2.11. The molecule has 5 heteroatoms. The fourth-order valence-corrected chi connectivity index (χ4v) is 2.49. The van der Waals surface area contributed by atoms with Gasteiger partial charge in [-0.1, -0.05) is 19.1 Å². The summed E-state index contributed by atoms with van der Waals surface area (Å²) in [5, 5.41) is 8.49. The zero-order chi connectivity index (χ0) is 16.4. The highest BCUT2D eigenvalue weighted by atomic mass is 16.5. The molecule has 0 saturated carbocycles. The Morgan fingerprint density at radius 1 is 1.09 bits per heavy atom. The van der Waals surface area contributed by atoms with E-state index in [1.54, 1.807) is 11.8 Å². The number of ether oxygens (including phenoxy) is 1. The smallest absolute Gasteiger partial charge is 0.122 e. The van der Waals surface area contributed by atoms with Crippen molar-refractivity contribution in [1.82, 2.24) is 15.0 Å². The van der Waals surface area contributed by atoms with Gasteiger partial charge in [-0.05, 0) is 53.9 Å². The summed E-state index contributed by atoms with van der Waals surface area (Å²) in [6.45, 7) is 4.29. The molecule has 2 aromatic carbocycles. The van der Waals surface area contributed by atoms with Crippen LogP contribution >= 0.6 is 0 Å². The largest absolute Gasteiger partial charge is 0.496 e. The van der Waals surface area contributed by atoms with Gasteiger partial charge in [-0.3, -0.25) is 0 Å². The van der Waals surface area contributed by atoms with E-state index in [-0.39, 0.29) is 0 Å². The third-order valence-electron chi connectivity index (χ3n) is 3.80. The molecule has 3 aromatic rings. The number of anilines is 1. The maximum atomic E-state index is 5.72. The Morgan fingerprint density at radius 2 is 1.83 bits per heavy atom. The fraction of sp³-hybridized carbons (Fsp3) is 0.222. The summed E-state index contributed by atoms with van der Waals surface area (Å²) in [4.78, 5) is 0. The third kappa shape index (κ3) is 3.04. The number of nitrogen functional groups attached to an aromatic ring is 1. The van der Waals surface area contributed by atoms with Gasteiger partial charge in [0.1, 0.15) is 11.4 Å². The average Bonchev–Trinajstić information content (AvgIpc) is 3.04. The minimum atomic E-state index is 0.372. The standard InChI is InChI=1S/C18H20N4O/c1-12(2)16-10-13(4-9-18(16)23-3)17-11-22(21-20-17)15-7-5-14(19)6-8-15/h4-12H,19H2,1-3H3. The van der Waals surface area contributed by atoms with Gasteiger partial charge < -0.3 is 10.5 Å². The summed E-state index contributed by atoms with van der Waals surface area (Å²) in [5.41, 5.74) is 10.4. The minimum absolute atomic E-state index is 0.372. The molecule has 3 rings (SSSR count). The van der Waals surface area contributed by atoms with E-state index in [2.05, 4.69) is 30.2 Å². The van der Waals surface area contributed by atoms with E-state index < -0.39 is 0 Å². The molecule has 0 fully saturated rings. The highest BCUT2D eigenvalue weighted by molar-refractivity contribution is 5.62. The van der Waals surface area contributed by atoms with Crippen LogP contribution in [0.1, 0.15) is 25.3 Å². The Morgan fingerprint density at radius 3 is 2.48 bits per heavy atom. The second kappa shape index (κ2) is 6.12. The lowest BCUT2D eigenvalue weighted by Gasteiger charge is -2.12. The van der Waals surface area contributed by atoms with Crippen molar-refractivity contribution in [3.63, 3.8) is 0 Å². The average molecular weight is 308 g/mol. The molecule has 0 unspecified atom stereocenters. The SMILES string of the molecule is COc1ccc(-c2cn(-c3ccc(N)cc3)nn2)cc1C(C)C. The van der Waals surface area contributed by atoms with Crippen LogP contribution in [-0.2, 0) is 0 Å². The van der Waals surface area contributed by atoms with Crippen molar-refractivity contribution in [2.24, 2.45) is 0 Å². The Balaban J connectivity index is 1.97. The van der Waals surface area contributed by atoms with Crippen molar-refractivity contribution in [2.75, 3.05) is 12.8 Å². The van der Waals surface area contributed by atoms with Crippen LogP contribution in [0, 0.1) is 0 Å². The summed E-state index contributed by atoms with van der Waals surface area (Å²) < 4.78 is 7.17. The van der Waals surface area contributed by atoms with Crippen molar-refractivity contribution >= 4 is 5.69 Å². The number of hydrogen-bond acceptors (Lipinski definition) is 4. The molecule has 0 atom stereocenters. The van der Waals surface area contributed by atoms with Gasteiger partial charge in [0.05, 0.1) is 19.0 Å². The predicted octanol–water partition coefficient (Wildman–Crippen LogP) is 3.65. The van der Waals surface area contributed by atoms with Gasteiger partial charge in [-0.25, -0.2) is 4.68 Å². The minimum Gasteiger partial charge on any atom is -0.496 e. The van der Waals surface area contributed by atoms with E-state index >= 15 is 0 Å². The Kier molecular flexibility index (Phi) is 4.02. The van der Waals surface area contributed by atoms with Crippen LogP contribution in [-0.4, -0.2) is 22.1 Å². The Labute approximate surface area is 135 Å². The van der Waals surface area contributed by atoms with E-state index in [1.165, 1.54) is 0 Å². The molecule has 118 valence electrons.